The van der Waals surface area contributed by atoms with Crippen molar-refractivity contribution in [3.05, 3.63) is 47.0 Å². The average molecular weight is 472 g/mol. The van der Waals surface area contributed by atoms with E-state index in [9.17, 15) is 14.4 Å². The third-order valence-electron chi connectivity index (χ3n) is 5.51. The summed E-state index contributed by atoms with van der Waals surface area (Å²) in [5, 5.41) is 12.0. The lowest BCUT2D eigenvalue weighted by molar-refractivity contribution is -0.123. The van der Waals surface area contributed by atoms with E-state index >= 15 is 0 Å². The Balaban J connectivity index is 1.49. The number of benzene rings is 2. The predicted molar refractivity (Wildman–Crippen MR) is 121 cm³/mol. The van der Waals surface area contributed by atoms with Crippen LogP contribution in [0.25, 0.3) is 0 Å². The number of imide groups is 1. The fourth-order valence-electron chi connectivity index (χ4n) is 3.78. The highest BCUT2D eigenvalue weighted by atomic mass is 35.5. The van der Waals surface area contributed by atoms with Crippen LogP contribution >= 0.6 is 11.6 Å². The van der Waals surface area contributed by atoms with Gasteiger partial charge in [-0.3, -0.25) is 19.4 Å². The number of anilines is 2. The molecule has 11 heteroatoms. The number of carbonyl (C=O) groups excluding carboxylic acids is 3. The standard InChI is InChI=1S/C22H22ClN5O5/c1-4-12-5-7-13(8-6-12)28-21(30)19-20(22(28)31)27(26-25-19)11-18(29)24-15-9-14(23)16(32-2)10-17(15)33-3/h5-10,19-20H,4,11H2,1-3H3,(H,24,29)/t19-,20+/m1/s1. The zero-order chi connectivity index (χ0) is 23.7. The van der Waals surface area contributed by atoms with Crippen molar-refractivity contribution in [2.45, 2.75) is 25.4 Å². The second-order valence-electron chi connectivity index (χ2n) is 7.46. The Hall–Kier alpha value is -3.66. The minimum atomic E-state index is -0.985. The summed E-state index contributed by atoms with van der Waals surface area (Å²) < 4.78 is 10.4. The van der Waals surface area contributed by atoms with Gasteiger partial charge in [-0.1, -0.05) is 35.9 Å². The molecule has 2 aliphatic rings. The van der Waals surface area contributed by atoms with E-state index in [1.54, 1.807) is 18.2 Å². The number of rotatable bonds is 7. The number of amides is 3. The van der Waals surface area contributed by atoms with Gasteiger partial charge in [-0.2, -0.15) is 5.11 Å². The van der Waals surface area contributed by atoms with Crippen molar-refractivity contribution < 1.29 is 23.9 Å². The van der Waals surface area contributed by atoms with Crippen molar-refractivity contribution in [2.24, 2.45) is 10.3 Å². The normalized spacial score (nSPS) is 19.2. The minimum Gasteiger partial charge on any atom is -0.495 e. The molecule has 33 heavy (non-hydrogen) atoms. The summed E-state index contributed by atoms with van der Waals surface area (Å²) in [6, 6.07) is 8.26. The van der Waals surface area contributed by atoms with Gasteiger partial charge in [0.1, 0.15) is 18.0 Å². The van der Waals surface area contributed by atoms with Gasteiger partial charge in [-0.25, -0.2) is 4.90 Å². The molecule has 2 aromatic carbocycles. The molecule has 2 aliphatic heterocycles. The number of nitrogens with one attached hydrogen (secondary N) is 1. The maximum absolute atomic E-state index is 13.1. The molecule has 0 radical (unpaired) electrons. The SMILES string of the molecule is CCc1ccc(N2C(=O)[C@@H]3[C@@H](N=NN3CC(=O)Nc3cc(Cl)c(OC)cc3OC)C2=O)cc1. The topological polar surface area (TPSA) is 113 Å². The number of aryl methyl sites for hydroxylation is 1. The highest BCUT2D eigenvalue weighted by Crippen LogP contribution is 2.36. The van der Waals surface area contributed by atoms with E-state index in [-0.39, 0.29) is 11.6 Å². The lowest BCUT2D eigenvalue weighted by Crippen LogP contribution is -2.43. The Morgan fingerprint density at radius 1 is 1.09 bits per heavy atom. The fraction of sp³-hybridized carbons (Fsp3) is 0.318. The molecule has 0 bridgehead atoms. The van der Waals surface area contributed by atoms with Crippen LogP contribution in [0.3, 0.4) is 0 Å². The summed E-state index contributed by atoms with van der Waals surface area (Å²) in [5.41, 5.74) is 1.88. The number of halogens is 1. The van der Waals surface area contributed by atoms with Gasteiger partial charge in [0.15, 0.2) is 12.1 Å². The van der Waals surface area contributed by atoms with Crippen molar-refractivity contribution >= 4 is 40.7 Å². The van der Waals surface area contributed by atoms with Crippen LogP contribution in [0, 0.1) is 0 Å². The summed E-state index contributed by atoms with van der Waals surface area (Å²) in [6.45, 7) is 1.73. The molecule has 1 saturated heterocycles. The maximum Gasteiger partial charge on any atom is 0.263 e. The number of ether oxygens (including phenoxy) is 2. The average Bonchev–Trinajstić information content (AvgIpc) is 3.33. The monoisotopic (exact) mass is 471 g/mol. The van der Waals surface area contributed by atoms with Crippen LogP contribution in [0.2, 0.25) is 5.02 Å². The van der Waals surface area contributed by atoms with Crippen LogP contribution in [0.1, 0.15) is 12.5 Å². The van der Waals surface area contributed by atoms with Crippen LogP contribution in [-0.2, 0) is 20.8 Å². The Bertz CT molecular complexity index is 1140. The second kappa shape index (κ2) is 9.07. The molecular weight excluding hydrogens is 450 g/mol. The number of hydrogen-bond donors (Lipinski definition) is 1. The van der Waals surface area contributed by atoms with Crippen LogP contribution in [-0.4, -0.2) is 55.6 Å². The van der Waals surface area contributed by atoms with Gasteiger partial charge in [0, 0.05) is 6.07 Å². The number of methoxy groups -OCH3 is 2. The van der Waals surface area contributed by atoms with Gasteiger partial charge in [0.25, 0.3) is 11.8 Å². The summed E-state index contributed by atoms with van der Waals surface area (Å²) in [6.07, 6.45) is 0.842. The molecule has 4 rings (SSSR count). The molecule has 1 N–H and O–H groups in total. The summed E-state index contributed by atoms with van der Waals surface area (Å²) in [5.74, 6) is -0.689. The summed E-state index contributed by atoms with van der Waals surface area (Å²) in [7, 11) is 2.91. The number of fused-ring (bicyclic) bond motifs is 1. The van der Waals surface area contributed by atoms with Gasteiger partial charge in [0.05, 0.1) is 30.6 Å². The molecule has 0 unspecified atom stereocenters. The third-order valence-corrected chi connectivity index (χ3v) is 5.81. The lowest BCUT2D eigenvalue weighted by atomic mass is 10.1. The smallest absolute Gasteiger partial charge is 0.263 e. The zero-order valence-corrected chi connectivity index (χ0v) is 19.0. The van der Waals surface area contributed by atoms with Crippen LogP contribution < -0.4 is 19.7 Å². The van der Waals surface area contributed by atoms with E-state index < -0.39 is 29.8 Å². The summed E-state index contributed by atoms with van der Waals surface area (Å²) in [4.78, 5) is 39.7. The van der Waals surface area contributed by atoms with Crippen LogP contribution in [0.4, 0.5) is 11.4 Å². The van der Waals surface area contributed by atoms with E-state index in [4.69, 9.17) is 21.1 Å². The molecule has 3 amide bonds. The molecule has 2 aromatic rings. The van der Waals surface area contributed by atoms with Crippen LogP contribution in [0.15, 0.2) is 46.7 Å². The zero-order valence-electron chi connectivity index (χ0n) is 18.2. The molecular formula is C22H22ClN5O5. The van der Waals surface area contributed by atoms with Crippen molar-refractivity contribution in [1.82, 2.24) is 5.01 Å². The molecule has 0 spiro atoms. The number of hydrogen-bond acceptors (Lipinski definition) is 8. The molecule has 172 valence electrons. The van der Waals surface area contributed by atoms with Gasteiger partial charge in [0.2, 0.25) is 5.91 Å². The van der Waals surface area contributed by atoms with Gasteiger partial charge >= 0.3 is 0 Å². The fourth-order valence-corrected chi connectivity index (χ4v) is 4.02. The largest absolute Gasteiger partial charge is 0.495 e. The minimum absolute atomic E-state index is 0.288. The molecule has 2 atom stereocenters. The Kier molecular flexibility index (Phi) is 6.19. The molecule has 2 heterocycles. The first-order chi connectivity index (χ1) is 15.9. The van der Waals surface area contributed by atoms with E-state index in [0.717, 1.165) is 16.9 Å². The lowest BCUT2D eigenvalue weighted by Gasteiger charge is -2.20. The first-order valence-electron chi connectivity index (χ1n) is 10.2. The van der Waals surface area contributed by atoms with Gasteiger partial charge in [-0.15, -0.1) is 0 Å². The van der Waals surface area contributed by atoms with Crippen LogP contribution in [0.5, 0.6) is 11.5 Å². The van der Waals surface area contributed by atoms with E-state index in [0.29, 0.717) is 22.9 Å². The van der Waals surface area contributed by atoms with Crippen molar-refractivity contribution in [1.29, 1.82) is 0 Å². The predicted octanol–water partition coefficient (Wildman–Crippen LogP) is 2.85. The Morgan fingerprint density at radius 3 is 2.42 bits per heavy atom. The summed E-state index contributed by atoms with van der Waals surface area (Å²) >= 11 is 6.15. The van der Waals surface area contributed by atoms with Gasteiger partial charge < -0.3 is 14.8 Å². The second-order valence-corrected chi connectivity index (χ2v) is 7.87. The molecule has 0 saturated carbocycles. The highest BCUT2D eigenvalue weighted by Gasteiger charge is 2.55. The molecule has 0 aliphatic carbocycles. The van der Waals surface area contributed by atoms with Gasteiger partial charge in [-0.05, 0) is 30.2 Å². The third kappa shape index (κ3) is 4.09. The van der Waals surface area contributed by atoms with E-state index in [1.807, 2.05) is 19.1 Å². The van der Waals surface area contributed by atoms with E-state index in [2.05, 4.69) is 15.7 Å². The maximum atomic E-state index is 13.1. The number of nitrogens with zero attached hydrogens (tertiary/aromatic N) is 4. The quantitative estimate of drug-likeness (QED) is 0.621. The Morgan fingerprint density at radius 2 is 1.79 bits per heavy atom. The molecule has 1 fully saturated rings. The Labute approximate surface area is 195 Å². The molecule has 10 nitrogen and oxygen atoms in total. The van der Waals surface area contributed by atoms with Crippen molar-refractivity contribution in [3.63, 3.8) is 0 Å². The first kappa shape index (κ1) is 22.5. The van der Waals surface area contributed by atoms with E-state index in [1.165, 1.54) is 25.3 Å². The first-order valence-corrected chi connectivity index (χ1v) is 10.6. The number of carbonyl (C=O) groups is 3. The van der Waals surface area contributed by atoms with Crippen molar-refractivity contribution in [2.75, 3.05) is 31.0 Å². The highest BCUT2D eigenvalue weighted by molar-refractivity contribution is 6.32. The van der Waals surface area contributed by atoms with Crippen molar-refractivity contribution in [3.8, 4) is 11.5 Å². The molecule has 0 aromatic heterocycles.